The highest BCUT2D eigenvalue weighted by Gasteiger charge is 2.23. The van der Waals surface area contributed by atoms with E-state index in [2.05, 4.69) is 0 Å². The van der Waals surface area contributed by atoms with Gasteiger partial charge in [0.25, 0.3) is 0 Å². The molecule has 1 aliphatic heterocycles. The normalized spacial score (nSPS) is 24.5. The average molecular weight is 182 g/mol. The van der Waals surface area contributed by atoms with E-state index < -0.39 is 6.10 Å². The van der Waals surface area contributed by atoms with Crippen LogP contribution in [0.2, 0.25) is 0 Å². The third-order valence-corrected chi connectivity index (χ3v) is 2.25. The molecule has 13 heavy (non-hydrogen) atoms. The Balaban J connectivity index is 2.49. The first kappa shape index (κ1) is 10.1. The molecule has 3 nitrogen and oxygen atoms in total. The van der Waals surface area contributed by atoms with Gasteiger partial charge < -0.3 is 4.74 Å². The average Bonchev–Trinajstić information content (AvgIpc) is 2.08. The number of hydrogen-bond acceptors (Lipinski definition) is 3. The Morgan fingerprint density at radius 2 is 2.46 bits per heavy atom. The second-order valence-corrected chi connectivity index (χ2v) is 3.37. The maximum Gasteiger partial charge on any atom is 0.184 e. The van der Waals surface area contributed by atoms with Crippen molar-refractivity contribution in [1.29, 1.82) is 0 Å². The summed E-state index contributed by atoms with van der Waals surface area (Å²) in [7, 11) is 0. The highest BCUT2D eigenvalue weighted by molar-refractivity contribution is 5.94. The van der Waals surface area contributed by atoms with Gasteiger partial charge in [-0.15, -0.1) is 0 Å². The fourth-order valence-corrected chi connectivity index (χ4v) is 1.20. The maximum absolute atomic E-state index is 11.2. The summed E-state index contributed by atoms with van der Waals surface area (Å²) in [5.41, 5.74) is 0. The molecule has 1 unspecified atom stereocenters. The lowest BCUT2D eigenvalue weighted by Gasteiger charge is -2.19. The standard InChI is InChI=1S/C10H14O3/c1-7(8(2)11)6-10-9(12)4-3-5-13-10/h3-4,7,10H,5-6H2,1-2H3/t7?,10-/m1/s1. The fraction of sp³-hybridized carbons (Fsp3) is 0.600. The Labute approximate surface area is 77.8 Å². The van der Waals surface area contributed by atoms with Gasteiger partial charge in [-0.1, -0.05) is 13.0 Å². The number of rotatable bonds is 3. The molecule has 0 amide bonds. The first-order valence-electron chi connectivity index (χ1n) is 4.43. The maximum atomic E-state index is 11.2. The molecule has 0 N–H and O–H groups in total. The molecule has 1 aliphatic rings. The van der Waals surface area contributed by atoms with E-state index in [0.717, 1.165) is 0 Å². The van der Waals surface area contributed by atoms with Crippen molar-refractivity contribution in [2.45, 2.75) is 26.4 Å². The summed E-state index contributed by atoms with van der Waals surface area (Å²) in [6, 6.07) is 0. The zero-order chi connectivity index (χ0) is 9.84. The molecule has 0 saturated carbocycles. The molecule has 0 saturated heterocycles. The molecule has 0 aromatic carbocycles. The molecule has 0 aromatic heterocycles. The van der Waals surface area contributed by atoms with Crippen LogP contribution in [0, 0.1) is 5.92 Å². The van der Waals surface area contributed by atoms with Crippen LogP contribution >= 0.6 is 0 Å². The van der Waals surface area contributed by atoms with Gasteiger partial charge in [0.15, 0.2) is 5.78 Å². The summed E-state index contributed by atoms with van der Waals surface area (Å²) in [5.74, 6) is -0.0225. The zero-order valence-corrected chi connectivity index (χ0v) is 7.95. The second kappa shape index (κ2) is 4.33. The van der Waals surface area contributed by atoms with Crippen molar-refractivity contribution in [2.75, 3.05) is 6.61 Å². The molecule has 1 rings (SSSR count). The van der Waals surface area contributed by atoms with E-state index in [4.69, 9.17) is 4.74 Å². The Hall–Kier alpha value is -0.960. The van der Waals surface area contributed by atoms with Crippen LogP contribution in [-0.4, -0.2) is 24.3 Å². The van der Waals surface area contributed by atoms with Crippen LogP contribution < -0.4 is 0 Å². The highest BCUT2D eigenvalue weighted by atomic mass is 16.5. The molecule has 72 valence electrons. The van der Waals surface area contributed by atoms with E-state index in [9.17, 15) is 9.59 Å². The van der Waals surface area contributed by atoms with E-state index in [-0.39, 0.29) is 17.5 Å². The van der Waals surface area contributed by atoms with Gasteiger partial charge in [-0.3, -0.25) is 9.59 Å². The summed E-state index contributed by atoms with van der Waals surface area (Å²) in [6.45, 7) is 3.83. The van der Waals surface area contributed by atoms with Gasteiger partial charge in [0.2, 0.25) is 0 Å². The third-order valence-electron chi connectivity index (χ3n) is 2.25. The van der Waals surface area contributed by atoms with E-state index in [1.54, 1.807) is 6.08 Å². The van der Waals surface area contributed by atoms with E-state index in [0.29, 0.717) is 13.0 Å². The summed E-state index contributed by atoms with van der Waals surface area (Å²) < 4.78 is 5.22. The molecule has 0 spiro atoms. The molecular formula is C10H14O3. The predicted molar refractivity (Wildman–Crippen MR) is 48.3 cm³/mol. The number of ether oxygens (including phenoxy) is 1. The van der Waals surface area contributed by atoms with Crippen LogP contribution in [0.15, 0.2) is 12.2 Å². The minimum Gasteiger partial charge on any atom is -0.366 e. The first-order chi connectivity index (χ1) is 6.11. The van der Waals surface area contributed by atoms with Crippen LogP contribution in [0.1, 0.15) is 20.3 Å². The van der Waals surface area contributed by atoms with Crippen LogP contribution in [0.4, 0.5) is 0 Å². The van der Waals surface area contributed by atoms with E-state index in [1.165, 1.54) is 13.0 Å². The summed E-state index contributed by atoms with van der Waals surface area (Å²) in [6.07, 6.45) is 3.31. The fourth-order valence-electron chi connectivity index (χ4n) is 1.20. The third kappa shape index (κ3) is 2.77. The van der Waals surface area contributed by atoms with Crippen molar-refractivity contribution < 1.29 is 14.3 Å². The number of ketones is 2. The molecule has 0 bridgehead atoms. The largest absolute Gasteiger partial charge is 0.366 e. The Bertz CT molecular complexity index is 243. The van der Waals surface area contributed by atoms with Crippen molar-refractivity contribution in [2.24, 2.45) is 5.92 Å². The number of hydrogen-bond donors (Lipinski definition) is 0. The van der Waals surface area contributed by atoms with Gasteiger partial charge in [0.1, 0.15) is 11.9 Å². The highest BCUT2D eigenvalue weighted by Crippen LogP contribution is 2.14. The monoisotopic (exact) mass is 182 g/mol. The Morgan fingerprint density at radius 3 is 3.00 bits per heavy atom. The van der Waals surface area contributed by atoms with Crippen LogP contribution in [0.25, 0.3) is 0 Å². The smallest absolute Gasteiger partial charge is 0.184 e. The molecule has 0 aromatic rings. The second-order valence-electron chi connectivity index (χ2n) is 3.37. The lowest BCUT2D eigenvalue weighted by Crippen LogP contribution is -2.29. The number of Topliss-reactive ketones (excluding diaryl/α,β-unsaturated/α-hetero) is 1. The quantitative estimate of drug-likeness (QED) is 0.657. The zero-order valence-electron chi connectivity index (χ0n) is 7.95. The predicted octanol–water partition coefficient (Wildman–Crippen LogP) is 1.13. The Kier molecular flexibility index (Phi) is 3.37. The summed E-state index contributed by atoms with van der Waals surface area (Å²) in [4.78, 5) is 22.2. The molecule has 0 fully saturated rings. The first-order valence-corrected chi connectivity index (χ1v) is 4.43. The number of carbonyl (C=O) groups excluding carboxylic acids is 2. The van der Waals surface area contributed by atoms with Crippen molar-refractivity contribution in [3.8, 4) is 0 Å². The van der Waals surface area contributed by atoms with Gasteiger partial charge in [-0.05, 0) is 19.4 Å². The minimum absolute atomic E-state index is 0.0284. The summed E-state index contributed by atoms with van der Waals surface area (Å²) >= 11 is 0. The lowest BCUT2D eigenvalue weighted by molar-refractivity contribution is -0.129. The van der Waals surface area contributed by atoms with Crippen LogP contribution in [0.5, 0.6) is 0 Å². The van der Waals surface area contributed by atoms with Gasteiger partial charge >= 0.3 is 0 Å². The van der Waals surface area contributed by atoms with Crippen molar-refractivity contribution in [1.82, 2.24) is 0 Å². The molecular weight excluding hydrogens is 168 g/mol. The summed E-state index contributed by atoms with van der Waals surface area (Å²) in [5, 5.41) is 0. The van der Waals surface area contributed by atoms with E-state index in [1.807, 2.05) is 6.92 Å². The molecule has 3 heteroatoms. The lowest BCUT2D eigenvalue weighted by atomic mass is 9.97. The number of carbonyl (C=O) groups is 2. The van der Waals surface area contributed by atoms with Gasteiger partial charge in [-0.2, -0.15) is 0 Å². The van der Waals surface area contributed by atoms with Crippen LogP contribution in [-0.2, 0) is 14.3 Å². The van der Waals surface area contributed by atoms with Crippen molar-refractivity contribution in [3.63, 3.8) is 0 Å². The van der Waals surface area contributed by atoms with Gasteiger partial charge in [0.05, 0.1) is 6.61 Å². The van der Waals surface area contributed by atoms with Crippen molar-refractivity contribution in [3.05, 3.63) is 12.2 Å². The topological polar surface area (TPSA) is 43.4 Å². The van der Waals surface area contributed by atoms with E-state index >= 15 is 0 Å². The van der Waals surface area contributed by atoms with Crippen molar-refractivity contribution >= 4 is 11.6 Å². The molecule has 0 radical (unpaired) electrons. The minimum atomic E-state index is -0.413. The van der Waals surface area contributed by atoms with Gasteiger partial charge in [0, 0.05) is 5.92 Å². The van der Waals surface area contributed by atoms with Crippen LogP contribution in [0.3, 0.4) is 0 Å². The Morgan fingerprint density at radius 1 is 1.77 bits per heavy atom. The molecule has 1 heterocycles. The van der Waals surface area contributed by atoms with Gasteiger partial charge in [-0.25, -0.2) is 0 Å². The SMILES string of the molecule is CC(=O)C(C)C[C@H]1OCC=CC1=O. The molecule has 2 atom stereocenters. The molecule has 0 aliphatic carbocycles.